The Morgan fingerprint density at radius 3 is 2.47 bits per heavy atom. The summed E-state index contributed by atoms with van der Waals surface area (Å²) in [5, 5.41) is 9.92. The molecule has 0 aliphatic carbocycles. The Morgan fingerprint density at radius 1 is 1.35 bits per heavy atom. The summed E-state index contributed by atoms with van der Waals surface area (Å²) in [6.45, 7) is 6.25. The number of anilines is 1. The van der Waals surface area contributed by atoms with Gasteiger partial charge in [-0.05, 0) is 26.3 Å². The van der Waals surface area contributed by atoms with Crippen molar-refractivity contribution in [3.05, 3.63) is 23.8 Å². The molecule has 1 aromatic carbocycles. The molecule has 0 spiro atoms. The van der Waals surface area contributed by atoms with Crippen LogP contribution in [0.1, 0.15) is 45.2 Å². The van der Waals surface area contributed by atoms with Gasteiger partial charge in [-0.1, -0.05) is 19.4 Å². The van der Waals surface area contributed by atoms with Gasteiger partial charge in [0.15, 0.2) is 0 Å². The van der Waals surface area contributed by atoms with Crippen LogP contribution in [0.15, 0.2) is 18.2 Å². The van der Waals surface area contributed by atoms with Crippen molar-refractivity contribution in [2.75, 3.05) is 11.9 Å². The quantitative estimate of drug-likeness (QED) is 0.826. The first kappa shape index (κ1) is 13.8. The first-order valence-electron chi connectivity index (χ1n) is 6.28. The fourth-order valence-electron chi connectivity index (χ4n) is 2.00. The maximum atomic E-state index is 9.92. The molecule has 0 aliphatic heterocycles. The Morgan fingerprint density at radius 2 is 2.00 bits per heavy atom. The minimum atomic E-state index is -0.137. The van der Waals surface area contributed by atoms with Crippen molar-refractivity contribution in [1.82, 2.24) is 0 Å². The molecule has 3 nitrogen and oxygen atoms in total. The minimum absolute atomic E-state index is 0.137. The number of phenols is 1. The zero-order valence-electron chi connectivity index (χ0n) is 11.3. The predicted molar refractivity (Wildman–Crippen MR) is 73.5 cm³/mol. The van der Waals surface area contributed by atoms with E-state index in [0.717, 1.165) is 24.1 Å². The average Bonchev–Trinajstić information content (AvgIpc) is 2.27. The maximum absolute atomic E-state index is 9.92. The second-order valence-electron chi connectivity index (χ2n) is 4.78. The van der Waals surface area contributed by atoms with Crippen molar-refractivity contribution in [3.8, 4) is 5.75 Å². The highest BCUT2D eigenvalue weighted by atomic mass is 16.3. The molecule has 96 valence electrons. The van der Waals surface area contributed by atoms with Crippen molar-refractivity contribution in [2.45, 2.75) is 45.7 Å². The normalized spacial score (nSPS) is 14.4. The van der Waals surface area contributed by atoms with E-state index in [1.807, 2.05) is 19.1 Å². The van der Waals surface area contributed by atoms with Gasteiger partial charge in [0.2, 0.25) is 0 Å². The van der Waals surface area contributed by atoms with Crippen LogP contribution in [0, 0.1) is 0 Å². The van der Waals surface area contributed by atoms with Crippen LogP contribution in [0.4, 0.5) is 5.69 Å². The lowest BCUT2D eigenvalue weighted by Crippen LogP contribution is -2.28. The second-order valence-corrected chi connectivity index (χ2v) is 4.78. The fourth-order valence-corrected chi connectivity index (χ4v) is 2.00. The van der Waals surface area contributed by atoms with Gasteiger partial charge in [-0.25, -0.2) is 0 Å². The Kier molecular flexibility index (Phi) is 4.82. The number of rotatable bonds is 5. The molecule has 0 amide bonds. The smallest absolute Gasteiger partial charge is 0.122 e. The Balaban J connectivity index is 2.89. The zero-order chi connectivity index (χ0) is 13.0. The van der Waals surface area contributed by atoms with Crippen LogP contribution in [0.5, 0.6) is 5.75 Å². The summed E-state index contributed by atoms with van der Waals surface area (Å²) < 4.78 is 0. The standard InChI is InChI=1S/C14H24N2O/c1-5-6-10(2)16(4)12-7-8-13(11(3)15)14(17)9-12/h7-11,17H,5-6,15H2,1-4H3. The summed E-state index contributed by atoms with van der Waals surface area (Å²) in [4.78, 5) is 2.19. The second kappa shape index (κ2) is 5.92. The van der Waals surface area contributed by atoms with E-state index < -0.39 is 0 Å². The molecule has 2 atom stereocenters. The van der Waals surface area contributed by atoms with E-state index in [9.17, 15) is 5.11 Å². The topological polar surface area (TPSA) is 49.5 Å². The Hall–Kier alpha value is -1.22. The van der Waals surface area contributed by atoms with Crippen LogP contribution in [-0.4, -0.2) is 18.2 Å². The first-order chi connectivity index (χ1) is 7.97. The summed E-state index contributed by atoms with van der Waals surface area (Å²) in [6, 6.07) is 6.06. The number of hydrogen-bond donors (Lipinski definition) is 2. The van der Waals surface area contributed by atoms with E-state index >= 15 is 0 Å². The summed E-state index contributed by atoms with van der Waals surface area (Å²) in [7, 11) is 2.06. The largest absolute Gasteiger partial charge is 0.508 e. The van der Waals surface area contributed by atoms with Crippen LogP contribution < -0.4 is 10.6 Å². The van der Waals surface area contributed by atoms with Crippen LogP contribution in [0.25, 0.3) is 0 Å². The minimum Gasteiger partial charge on any atom is -0.508 e. The summed E-state index contributed by atoms with van der Waals surface area (Å²) in [5.41, 5.74) is 7.61. The number of nitrogens with zero attached hydrogens (tertiary/aromatic N) is 1. The lowest BCUT2D eigenvalue weighted by atomic mass is 10.1. The first-order valence-corrected chi connectivity index (χ1v) is 6.28. The van der Waals surface area contributed by atoms with Gasteiger partial charge in [-0.15, -0.1) is 0 Å². The maximum Gasteiger partial charge on any atom is 0.122 e. The van der Waals surface area contributed by atoms with Gasteiger partial charge in [0.05, 0.1) is 0 Å². The summed E-state index contributed by atoms with van der Waals surface area (Å²) in [5.74, 6) is 0.285. The van der Waals surface area contributed by atoms with E-state index in [-0.39, 0.29) is 11.8 Å². The van der Waals surface area contributed by atoms with Crippen molar-refractivity contribution >= 4 is 5.69 Å². The van der Waals surface area contributed by atoms with Crippen LogP contribution >= 0.6 is 0 Å². The van der Waals surface area contributed by atoms with Crippen molar-refractivity contribution < 1.29 is 5.11 Å². The Labute approximate surface area is 104 Å². The highest BCUT2D eigenvalue weighted by molar-refractivity contribution is 5.54. The lowest BCUT2D eigenvalue weighted by Gasteiger charge is -2.27. The van der Waals surface area contributed by atoms with Gasteiger partial charge in [0, 0.05) is 36.4 Å². The molecule has 0 radical (unpaired) electrons. The molecule has 0 saturated carbocycles. The molecule has 17 heavy (non-hydrogen) atoms. The predicted octanol–water partition coefficient (Wildman–Crippen LogP) is 3.04. The molecule has 3 N–H and O–H groups in total. The van der Waals surface area contributed by atoms with Crippen LogP contribution in [-0.2, 0) is 0 Å². The molecule has 3 heteroatoms. The van der Waals surface area contributed by atoms with E-state index in [1.165, 1.54) is 0 Å². The molecule has 0 bridgehead atoms. The highest BCUT2D eigenvalue weighted by Crippen LogP contribution is 2.28. The highest BCUT2D eigenvalue weighted by Gasteiger charge is 2.12. The number of benzene rings is 1. The van der Waals surface area contributed by atoms with Gasteiger partial charge in [0.25, 0.3) is 0 Å². The van der Waals surface area contributed by atoms with Crippen LogP contribution in [0.2, 0.25) is 0 Å². The fraction of sp³-hybridized carbons (Fsp3) is 0.571. The van der Waals surface area contributed by atoms with Gasteiger partial charge in [-0.3, -0.25) is 0 Å². The SMILES string of the molecule is CCCC(C)N(C)c1ccc(C(C)N)c(O)c1. The molecular weight excluding hydrogens is 212 g/mol. The van der Waals surface area contributed by atoms with E-state index in [1.54, 1.807) is 6.07 Å². The van der Waals surface area contributed by atoms with Crippen LogP contribution in [0.3, 0.4) is 0 Å². The van der Waals surface area contributed by atoms with Crippen molar-refractivity contribution in [2.24, 2.45) is 5.73 Å². The Bertz CT molecular complexity index is 363. The third kappa shape index (κ3) is 3.37. The molecular formula is C14H24N2O. The molecule has 1 aromatic rings. The van der Waals surface area contributed by atoms with Crippen molar-refractivity contribution in [3.63, 3.8) is 0 Å². The monoisotopic (exact) mass is 236 g/mol. The van der Waals surface area contributed by atoms with Gasteiger partial charge in [-0.2, -0.15) is 0 Å². The molecule has 1 rings (SSSR count). The van der Waals surface area contributed by atoms with E-state index in [0.29, 0.717) is 6.04 Å². The van der Waals surface area contributed by atoms with Crippen molar-refractivity contribution in [1.29, 1.82) is 0 Å². The number of phenolic OH excluding ortho intramolecular Hbond substituents is 1. The third-order valence-electron chi connectivity index (χ3n) is 3.28. The zero-order valence-corrected chi connectivity index (χ0v) is 11.3. The number of hydrogen-bond acceptors (Lipinski definition) is 3. The molecule has 0 heterocycles. The molecule has 2 unspecified atom stereocenters. The van der Waals surface area contributed by atoms with E-state index in [4.69, 9.17) is 5.73 Å². The van der Waals surface area contributed by atoms with Gasteiger partial charge >= 0.3 is 0 Å². The average molecular weight is 236 g/mol. The molecule has 0 aromatic heterocycles. The third-order valence-corrected chi connectivity index (χ3v) is 3.28. The summed E-state index contributed by atoms with van der Waals surface area (Å²) >= 11 is 0. The van der Waals surface area contributed by atoms with Gasteiger partial charge in [0.1, 0.15) is 5.75 Å². The lowest BCUT2D eigenvalue weighted by molar-refractivity contribution is 0.463. The number of nitrogens with two attached hydrogens (primary N) is 1. The summed E-state index contributed by atoms with van der Waals surface area (Å²) in [6.07, 6.45) is 2.31. The van der Waals surface area contributed by atoms with Gasteiger partial charge < -0.3 is 15.7 Å². The molecule has 0 aliphatic rings. The molecule has 0 saturated heterocycles. The molecule has 0 fully saturated rings. The van der Waals surface area contributed by atoms with E-state index in [2.05, 4.69) is 25.8 Å². The number of aromatic hydroxyl groups is 1.